The Hall–Kier alpha value is -2.68. The Labute approximate surface area is 183 Å². The second kappa shape index (κ2) is 9.64. The van der Waals surface area contributed by atoms with Gasteiger partial charge in [-0.25, -0.2) is 4.79 Å². The van der Waals surface area contributed by atoms with Gasteiger partial charge in [0, 0.05) is 18.9 Å². The first-order valence-corrected chi connectivity index (χ1v) is 10.3. The summed E-state index contributed by atoms with van der Waals surface area (Å²) in [5.74, 6) is 0. The van der Waals surface area contributed by atoms with E-state index in [2.05, 4.69) is 10.3 Å². The molecule has 31 heavy (non-hydrogen) atoms. The van der Waals surface area contributed by atoms with E-state index >= 15 is 0 Å². The molecule has 1 aliphatic heterocycles. The number of rotatable bonds is 7. The molecule has 1 aromatic carbocycles. The van der Waals surface area contributed by atoms with E-state index in [4.69, 9.17) is 14.0 Å². The van der Waals surface area contributed by atoms with E-state index in [1.165, 1.54) is 0 Å². The number of benzene rings is 1. The zero-order valence-corrected chi connectivity index (χ0v) is 18.4. The second-order valence-electron chi connectivity index (χ2n) is 8.51. The fourth-order valence-corrected chi connectivity index (χ4v) is 3.03. The lowest BCUT2D eigenvalue weighted by atomic mass is 9.77. The molecule has 0 unspecified atom stereocenters. The first kappa shape index (κ1) is 23.0. The number of ether oxygens (including phenoxy) is 1. The number of nitrogens with one attached hydrogen (secondary N) is 1. The first-order valence-electron chi connectivity index (χ1n) is 10.3. The molecule has 0 radical (unpaired) electrons. The van der Waals surface area contributed by atoms with Gasteiger partial charge in [0.05, 0.1) is 17.8 Å². The number of nitrogens with zero attached hydrogens (tertiary/aromatic N) is 1. The number of aliphatic hydroxyl groups excluding tert-OH is 1. The average molecular weight is 424 g/mol. The quantitative estimate of drug-likeness (QED) is 0.662. The Bertz CT molecular complexity index is 915. The summed E-state index contributed by atoms with van der Waals surface area (Å²) in [7, 11) is -0.641. The number of hydrogen-bond donors (Lipinski definition) is 2. The Balaban J connectivity index is 1.73. The standard InChI is InChI=1S/C23H29BN2O5/c1-22(2)23(3,4)31-24(30-22)20(11-18-10-19(15-27)13-25-12-18)14-26-21(28)29-16-17-8-6-5-7-9-17/h5-13,27H,14-16H2,1-4H3,(H,26,28). The molecule has 0 atom stereocenters. The number of amides is 1. The van der Waals surface area contributed by atoms with Crippen LogP contribution in [-0.4, -0.2) is 41.0 Å². The van der Waals surface area contributed by atoms with Crippen molar-refractivity contribution in [2.24, 2.45) is 0 Å². The number of alkyl carbamates (subject to hydrolysis) is 1. The highest BCUT2D eigenvalue weighted by molar-refractivity contribution is 6.56. The SMILES string of the molecule is CC1(C)OB(C(=Cc2cncc(CO)c2)CNC(=O)OCc2ccccc2)OC1(C)C. The highest BCUT2D eigenvalue weighted by atomic mass is 16.7. The predicted octanol–water partition coefficient (Wildman–Crippen LogP) is 3.52. The van der Waals surface area contributed by atoms with Crippen molar-refractivity contribution < 1.29 is 23.9 Å². The molecule has 1 fully saturated rings. The predicted molar refractivity (Wildman–Crippen MR) is 119 cm³/mol. The summed E-state index contributed by atoms with van der Waals surface area (Å²) < 4.78 is 17.6. The summed E-state index contributed by atoms with van der Waals surface area (Å²) >= 11 is 0. The molecule has 0 aliphatic carbocycles. The highest BCUT2D eigenvalue weighted by Gasteiger charge is 2.52. The van der Waals surface area contributed by atoms with E-state index in [9.17, 15) is 9.90 Å². The Morgan fingerprint density at radius 1 is 1.13 bits per heavy atom. The van der Waals surface area contributed by atoms with Gasteiger partial charge < -0.3 is 24.5 Å². The summed E-state index contributed by atoms with van der Waals surface area (Å²) in [6.45, 7) is 8.14. The van der Waals surface area contributed by atoms with E-state index < -0.39 is 24.4 Å². The van der Waals surface area contributed by atoms with Crippen LogP contribution in [0.2, 0.25) is 0 Å². The summed E-state index contributed by atoms with van der Waals surface area (Å²) in [6, 6.07) is 11.3. The molecule has 7 nitrogen and oxygen atoms in total. The lowest BCUT2D eigenvalue weighted by Gasteiger charge is -2.32. The molecule has 1 saturated heterocycles. The molecule has 0 bridgehead atoms. The topological polar surface area (TPSA) is 89.9 Å². The van der Waals surface area contributed by atoms with Crippen molar-refractivity contribution >= 4 is 19.3 Å². The van der Waals surface area contributed by atoms with Gasteiger partial charge in [-0.05, 0) is 55.9 Å². The minimum Gasteiger partial charge on any atom is -0.445 e. The van der Waals surface area contributed by atoms with Crippen molar-refractivity contribution in [3.63, 3.8) is 0 Å². The molecule has 2 N–H and O–H groups in total. The number of aromatic nitrogens is 1. The summed E-state index contributed by atoms with van der Waals surface area (Å²) in [5.41, 5.74) is 2.05. The van der Waals surface area contributed by atoms with Crippen LogP contribution in [0.25, 0.3) is 6.08 Å². The lowest BCUT2D eigenvalue weighted by molar-refractivity contribution is 0.00578. The third kappa shape index (κ3) is 5.94. The van der Waals surface area contributed by atoms with E-state index in [-0.39, 0.29) is 19.8 Å². The number of carbonyl (C=O) groups excluding carboxylic acids is 1. The zero-order valence-electron chi connectivity index (χ0n) is 18.4. The van der Waals surface area contributed by atoms with Crippen LogP contribution >= 0.6 is 0 Å². The molecule has 164 valence electrons. The van der Waals surface area contributed by atoms with Crippen LogP contribution < -0.4 is 5.32 Å². The maximum Gasteiger partial charge on any atom is 0.492 e. The van der Waals surface area contributed by atoms with Gasteiger partial charge in [-0.1, -0.05) is 36.4 Å². The van der Waals surface area contributed by atoms with Crippen LogP contribution in [0.15, 0.2) is 54.3 Å². The Morgan fingerprint density at radius 2 is 1.81 bits per heavy atom. The van der Waals surface area contributed by atoms with Gasteiger partial charge in [-0.15, -0.1) is 0 Å². The molecular weight excluding hydrogens is 395 g/mol. The first-order chi connectivity index (χ1) is 14.7. The van der Waals surface area contributed by atoms with Crippen LogP contribution in [0, 0.1) is 0 Å². The van der Waals surface area contributed by atoms with Crippen molar-refractivity contribution in [1.82, 2.24) is 10.3 Å². The molecule has 2 heterocycles. The summed E-state index contributed by atoms with van der Waals surface area (Å²) in [4.78, 5) is 16.4. The van der Waals surface area contributed by atoms with Gasteiger partial charge in [0.1, 0.15) is 6.61 Å². The van der Waals surface area contributed by atoms with Crippen LogP contribution in [-0.2, 0) is 27.3 Å². The van der Waals surface area contributed by atoms with Crippen molar-refractivity contribution in [3.05, 3.63) is 71.0 Å². The Kier molecular flexibility index (Phi) is 7.15. The number of carbonyl (C=O) groups is 1. The Morgan fingerprint density at radius 3 is 2.45 bits per heavy atom. The molecular formula is C23H29BN2O5. The summed E-state index contributed by atoms with van der Waals surface area (Å²) in [5, 5.41) is 12.2. The fourth-order valence-electron chi connectivity index (χ4n) is 3.03. The van der Waals surface area contributed by atoms with Gasteiger partial charge in [0.25, 0.3) is 0 Å². The minimum atomic E-state index is -0.641. The molecule has 2 aromatic rings. The maximum atomic E-state index is 12.3. The average Bonchev–Trinajstić information content (AvgIpc) is 2.97. The van der Waals surface area contributed by atoms with Gasteiger partial charge in [-0.3, -0.25) is 4.98 Å². The highest BCUT2D eigenvalue weighted by Crippen LogP contribution is 2.38. The second-order valence-corrected chi connectivity index (χ2v) is 8.51. The number of aliphatic hydroxyl groups is 1. The monoisotopic (exact) mass is 424 g/mol. The molecule has 0 saturated carbocycles. The van der Waals surface area contributed by atoms with E-state index in [1.54, 1.807) is 12.4 Å². The van der Waals surface area contributed by atoms with Gasteiger partial charge in [-0.2, -0.15) is 0 Å². The molecule has 1 amide bonds. The van der Waals surface area contributed by atoms with Gasteiger partial charge in [0.2, 0.25) is 0 Å². The van der Waals surface area contributed by atoms with Crippen LogP contribution in [0.4, 0.5) is 4.79 Å². The van der Waals surface area contributed by atoms with Crippen molar-refractivity contribution in [2.45, 2.75) is 52.1 Å². The van der Waals surface area contributed by atoms with E-state index in [0.29, 0.717) is 11.0 Å². The molecule has 1 aliphatic rings. The smallest absolute Gasteiger partial charge is 0.445 e. The summed E-state index contributed by atoms with van der Waals surface area (Å²) in [6.07, 6.45) is 4.60. The van der Waals surface area contributed by atoms with E-state index in [1.807, 2.05) is 70.2 Å². The number of pyridine rings is 1. The van der Waals surface area contributed by atoms with Crippen molar-refractivity contribution in [2.75, 3.05) is 6.54 Å². The molecule has 3 rings (SSSR count). The minimum absolute atomic E-state index is 0.107. The molecule has 1 aromatic heterocycles. The molecule has 0 spiro atoms. The fraction of sp³-hybridized carbons (Fsp3) is 0.391. The van der Waals surface area contributed by atoms with Gasteiger partial charge in [0.15, 0.2) is 0 Å². The third-order valence-electron chi connectivity index (χ3n) is 5.56. The van der Waals surface area contributed by atoms with Crippen LogP contribution in [0.5, 0.6) is 0 Å². The van der Waals surface area contributed by atoms with Crippen LogP contribution in [0.1, 0.15) is 44.4 Å². The van der Waals surface area contributed by atoms with Crippen molar-refractivity contribution in [1.29, 1.82) is 0 Å². The molecule has 8 heteroatoms. The zero-order chi connectivity index (χ0) is 22.5. The van der Waals surface area contributed by atoms with Gasteiger partial charge >= 0.3 is 13.2 Å². The normalized spacial score (nSPS) is 17.5. The van der Waals surface area contributed by atoms with E-state index in [0.717, 1.165) is 11.1 Å². The number of hydrogen-bond acceptors (Lipinski definition) is 6. The lowest BCUT2D eigenvalue weighted by Crippen LogP contribution is -2.41. The van der Waals surface area contributed by atoms with Crippen molar-refractivity contribution in [3.8, 4) is 0 Å². The van der Waals surface area contributed by atoms with Crippen LogP contribution in [0.3, 0.4) is 0 Å². The largest absolute Gasteiger partial charge is 0.492 e. The maximum absolute atomic E-state index is 12.3. The third-order valence-corrected chi connectivity index (χ3v) is 5.56.